The maximum Gasteiger partial charge on any atom is 0.254 e. The van der Waals surface area contributed by atoms with Gasteiger partial charge in [0.1, 0.15) is 5.84 Å². The predicted molar refractivity (Wildman–Crippen MR) is 151 cm³/mol. The SMILES string of the molecule is CCCN(CCC)C(=O)C1=Cc2ccc(C3=Cc4ccn(CCOC)c(=O)c4CC3C)cc2N=C(N)C1. The molecule has 2 aliphatic rings. The zero-order valence-corrected chi connectivity index (χ0v) is 22.4. The molecule has 2 aromatic rings. The fourth-order valence-electron chi connectivity index (χ4n) is 5.20. The Balaban J connectivity index is 1.68. The van der Waals surface area contributed by atoms with Crippen molar-refractivity contribution in [3.63, 3.8) is 0 Å². The number of aromatic nitrogens is 1. The quantitative estimate of drug-likeness (QED) is 0.540. The van der Waals surface area contributed by atoms with E-state index in [0.717, 1.165) is 53.9 Å². The van der Waals surface area contributed by atoms with Crippen LogP contribution in [0.5, 0.6) is 0 Å². The fourth-order valence-corrected chi connectivity index (χ4v) is 5.20. The van der Waals surface area contributed by atoms with E-state index in [1.807, 2.05) is 29.3 Å². The van der Waals surface area contributed by atoms with E-state index in [-0.39, 0.29) is 17.4 Å². The lowest BCUT2D eigenvalue weighted by atomic mass is 9.81. The van der Waals surface area contributed by atoms with Crippen LogP contribution in [0, 0.1) is 5.92 Å². The lowest BCUT2D eigenvalue weighted by Gasteiger charge is -2.24. The number of fused-ring (bicyclic) bond motifs is 2. The molecule has 1 aliphatic heterocycles. The van der Waals surface area contributed by atoms with Crippen LogP contribution in [0.25, 0.3) is 17.7 Å². The Morgan fingerprint density at radius 2 is 1.92 bits per heavy atom. The van der Waals surface area contributed by atoms with E-state index in [1.54, 1.807) is 11.7 Å². The van der Waals surface area contributed by atoms with Gasteiger partial charge < -0.3 is 19.9 Å². The zero-order chi connectivity index (χ0) is 26.5. The highest BCUT2D eigenvalue weighted by Crippen LogP contribution is 2.37. The minimum absolute atomic E-state index is 0.0372. The van der Waals surface area contributed by atoms with E-state index < -0.39 is 0 Å². The molecule has 1 aliphatic carbocycles. The summed E-state index contributed by atoms with van der Waals surface area (Å²) in [5.74, 6) is 0.652. The molecule has 0 bridgehead atoms. The number of nitrogens with two attached hydrogens (primary N) is 1. The molecule has 1 aromatic carbocycles. The van der Waals surface area contributed by atoms with Gasteiger partial charge in [-0.15, -0.1) is 0 Å². The molecule has 2 N–H and O–H groups in total. The summed E-state index contributed by atoms with van der Waals surface area (Å²) in [5.41, 5.74) is 12.7. The van der Waals surface area contributed by atoms with Crippen molar-refractivity contribution in [3.05, 3.63) is 68.6 Å². The van der Waals surface area contributed by atoms with Crippen molar-refractivity contribution < 1.29 is 9.53 Å². The minimum atomic E-state index is 0.0372. The third-order valence-electron chi connectivity index (χ3n) is 7.07. The number of hydrogen-bond donors (Lipinski definition) is 1. The third kappa shape index (κ3) is 5.77. The number of benzene rings is 1. The number of carbonyl (C=O) groups is 1. The van der Waals surface area contributed by atoms with Gasteiger partial charge in [-0.05, 0) is 60.1 Å². The summed E-state index contributed by atoms with van der Waals surface area (Å²) < 4.78 is 6.86. The van der Waals surface area contributed by atoms with E-state index in [2.05, 4.69) is 44.0 Å². The van der Waals surface area contributed by atoms with Gasteiger partial charge in [0, 0.05) is 56.1 Å². The molecule has 2 heterocycles. The van der Waals surface area contributed by atoms with Crippen molar-refractivity contribution in [2.75, 3.05) is 26.8 Å². The first-order valence-electron chi connectivity index (χ1n) is 13.3. The van der Waals surface area contributed by atoms with Crippen LogP contribution >= 0.6 is 0 Å². The summed E-state index contributed by atoms with van der Waals surface area (Å²) in [6.07, 6.45) is 8.76. The maximum atomic E-state index is 13.3. The molecule has 1 amide bonds. The molecule has 0 saturated carbocycles. The number of allylic oxidation sites excluding steroid dienone is 1. The lowest BCUT2D eigenvalue weighted by molar-refractivity contribution is -0.127. The maximum absolute atomic E-state index is 13.3. The van der Waals surface area contributed by atoms with Crippen molar-refractivity contribution >= 4 is 35.2 Å². The van der Waals surface area contributed by atoms with Gasteiger partial charge in [-0.3, -0.25) is 9.59 Å². The summed E-state index contributed by atoms with van der Waals surface area (Å²) >= 11 is 0. The van der Waals surface area contributed by atoms with Crippen LogP contribution in [-0.2, 0) is 22.5 Å². The molecule has 0 fully saturated rings. The highest BCUT2D eigenvalue weighted by molar-refractivity contribution is 6.05. The molecular formula is C30H38N4O3. The first-order chi connectivity index (χ1) is 17.9. The molecule has 4 rings (SSSR count). The fraction of sp³-hybridized carbons (Fsp3) is 0.433. The average Bonchev–Trinajstić information content (AvgIpc) is 3.05. The van der Waals surface area contributed by atoms with E-state index in [9.17, 15) is 9.59 Å². The van der Waals surface area contributed by atoms with Crippen molar-refractivity contribution in [3.8, 4) is 0 Å². The Labute approximate surface area is 219 Å². The second-order valence-corrected chi connectivity index (χ2v) is 9.96. The van der Waals surface area contributed by atoms with E-state index in [0.29, 0.717) is 37.4 Å². The number of pyridine rings is 1. The second kappa shape index (κ2) is 11.7. The Morgan fingerprint density at radius 3 is 2.62 bits per heavy atom. The number of ether oxygens (including phenoxy) is 1. The normalized spacial score (nSPS) is 16.6. The van der Waals surface area contributed by atoms with Gasteiger partial charge in [0.25, 0.3) is 5.56 Å². The van der Waals surface area contributed by atoms with Crippen molar-refractivity contribution in [2.45, 2.75) is 53.0 Å². The van der Waals surface area contributed by atoms with E-state index in [4.69, 9.17) is 10.5 Å². The van der Waals surface area contributed by atoms with Crippen molar-refractivity contribution in [2.24, 2.45) is 16.6 Å². The molecule has 196 valence electrons. The smallest absolute Gasteiger partial charge is 0.254 e. The zero-order valence-electron chi connectivity index (χ0n) is 22.4. The topological polar surface area (TPSA) is 89.9 Å². The van der Waals surface area contributed by atoms with Gasteiger partial charge in [0.05, 0.1) is 12.3 Å². The number of aliphatic imine (C=N–C) groups is 1. The third-order valence-corrected chi connectivity index (χ3v) is 7.07. The molecule has 0 radical (unpaired) electrons. The van der Waals surface area contributed by atoms with Crippen LogP contribution in [0.2, 0.25) is 0 Å². The Hall–Kier alpha value is -3.45. The summed E-state index contributed by atoms with van der Waals surface area (Å²) in [6.45, 7) is 8.84. The number of carbonyl (C=O) groups excluding carboxylic acids is 1. The number of methoxy groups -OCH3 is 1. The van der Waals surface area contributed by atoms with Gasteiger partial charge in [0.2, 0.25) is 5.91 Å². The van der Waals surface area contributed by atoms with Crippen LogP contribution in [0.1, 0.15) is 62.3 Å². The largest absolute Gasteiger partial charge is 0.387 e. The number of amidine groups is 1. The summed E-state index contributed by atoms with van der Waals surface area (Å²) in [7, 11) is 1.64. The van der Waals surface area contributed by atoms with Crippen LogP contribution in [0.3, 0.4) is 0 Å². The highest BCUT2D eigenvalue weighted by atomic mass is 16.5. The minimum Gasteiger partial charge on any atom is -0.387 e. The monoisotopic (exact) mass is 502 g/mol. The number of hydrogen-bond acceptors (Lipinski definition) is 5. The van der Waals surface area contributed by atoms with Crippen LogP contribution < -0.4 is 11.3 Å². The molecular weight excluding hydrogens is 464 g/mol. The Kier molecular flexibility index (Phi) is 8.44. The number of amides is 1. The first kappa shape index (κ1) is 26.6. The molecule has 1 unspecified atom stereocenters. The molecule has 7 nitrogen and oxygen atoms in total. The molecule has 1 atom stereocenters. The van der Waals surface area contributed by atoms with Crippen LogP contribution in [0.15, 0.2) is 45.8 Å². The summed E-state index contributed by atoms with van der Waals surface area (Å²) in [4.78, 5) is 32.9. The summed E-state index contributed by atoms with van der Waals surface area (Å²) in [6, 6.07) is 8.17. The van der Waals surface area contributed by atoms with Gasteiger partial charge in [-0.2, -0.15) is 0 Å². The first-order valence-corrected chi connectivity index (χ1v) is 13.3. The second-order valence-electron chi connectivity index (χ2n) is 9.96. The average molecular weight is 503 g/mol. The van der Waals surface area contributed by atoms with Gasteiger partial charge in [-0.1, -0.05) is 39.0 Å². The summed E-state index contributed by atoms with van der Waals surface area (Å²) in [5, 5.41) is 0. The van der Waals surface area contributed by atoms with Gasteiger partial charge in [0.15, 0.2) is 0 Å². The number of nitrogens with zero attached hydrogens (tertiary/aromatic N) is 3. The molecule has 0 saturated heterocycles. The molecule has 37 heavy (non-hydrogen) atoms. The van der Waals surface area contributed by atoms with Crippen molar-refractivity contribution in [1.82, 2.24) is 9.47 Å². The number of rotatable bonds is 9. The van der Waals surface area contributed by atoms with Gasteiger partial charge >= 0.3 is 0 Å². The predicted octanol–water partition coefficient (Wildman–Crippen LogP) is 4.65. The van der Waals surface area contributed by atoms with Crippen LogP contribution in [0.4, 0.5) is 5.69 Å². The van der Waals surface area contributed by atoms with Crippen molar-refractivity contribution in [1.29, 1.82) is 0 Å². The Bertz CT molecular complexity index is 1310. The molecule has 1 aromatic heterocycles. The molecule has 7 heteroatoms. The highest BCUT2D eigenvalue weighted by Gasteiger charge is 2.24. The van der Waals surface area contributed by atoms with E-state index in [1.165, 1.54) is 5.57 Å². The lowest BCUT2D eigenvalue weighted by Crippen LogP contribution is -2.34. The van der Waals surface area contributed by atoms with E-state index >= 15 is 0 Å². The molecule has 0 spiro atoms. The standard InChI is InChI=1S/C30H38N4O3/c1-5-10-33(11-6-2)29(35)24-16-23-8-7-21(18-27(23)32-28(31)19-24)25-17-22-9-12-34(13-14-37-4)30(36)26(22)15-20(25)3/h7-9,12,16-18,20H,5-6,10-11,13-15,19H2,1-4H3,(H2,31,32). The van der Waals surface area contributed by atoms with Crippen LogP contribution in [-0.4, -0.2) is 48.0 Å². The Morgan fingerprint density at radius 1 is 1.16 bits per heavy atom. The van der Waals surface area contributed by atoms with Gasteiger partial charge in [-0.25, -0.2) is 4.99 Å².